The van der Waals surface area contributed by atoms with Crippen molar-refractivity contribution in [1.29, 1.82) is 0 Å². The van der Waals surface area contributed by atoms with Gasteiger partial charge < -0.3 is 21.3 Å². The van der Waals surface area contributed by atoms with Crippen molar-refractivity contribution < 1.29 is 14.0 Å². The summed E-state index contributed by atoms with van der Waals surface area (Å²) in [5, 5.41) is 5.60. The Morgan fingerprint density at radius 3 is 2.57 bits per heavy atom. The maximum absolute atomic E-state index is 13.2. The first kappa shape index (κ1) is 19.7. The normalized spacial score (nSPS) is 13.8. The van der Waals surface area contributed by atoms with Crippen LogP contribution in [0.5, 0.6) is 0 Å². The van der Waals surface area contributed by atoms with Crippen molar-refractivity contribution in [2.24, 2.45) is 5.73 Å². The summed E-state index contributed by atoms with van der Waals surface area (Å²) in [4.78, 5) is 26.1. The van der Waals surface area contributed by atoms with Crippen LogP contribution < -0.4 is 21.3 Å². The molecule has 148 valence electrons. The van der Waals surface area contributed by atoms with Crippen molar-refractivity contribution in [2.45, 2.75) is 25.7 Å². The lowest BCUT2D eigenvalue weighted by Gasteiger charge is -2.30. The Labute approximate surface area is 163 Å². The average molecular weight is 384 g/mol. The molecule has 0 radical (unpaired) electrons. The number of hydrogen-bond donors (Lipinski definition) is 3. The Morgan fingerprint density at radius 2 is 1.86 bits per heavy atom. The summed E-state index contributed by atoms with van der Waals surface area (Å²) in [7, 11) is 0. The molecule has 2 aromatic rings. The van der Waals surface area contributed by atoms with Crippen molar-refractivity contribution >= 4 is 23.3 Å². The number of nitrogens with one attached hydrogen (secondary N) is 2. The summed E-state index contributed by atoms with van der Waals surface area (Å²) in [6.45, 7) is 2.18. The van der Waals surface area contributed by atoms with Crippen LogP contribution in [0.25, 0.3) is 0 Å². The van der Waals surface area contributed by atoms with E-state index in [4.69, 9.17) is 5.73 Å². The summed E-state index contributed by atoms with van der Waals surface area (Å²) >= 11 is 0. The van der Waals surface area contributed by atoms with Gasteiger partial charge in [0.1, 0.15) is 5.82 Å². The van der Waals surface area contributed by atoms with Gasteiger partial charge >= 0.3 is 6.03 Å². The molecule has 2 aromatic carbocycles. The number of anilines is 2. The van der Waals surface area contributed by atoms with Gasteiger partial charge in [0.25, 0.3) is 0 Å². The molecule has 0 aromatic heterocycles. The third kappa shape index (κ3) is 5.22. The average Bonchev–Trinajstić information content (AvgIpc) is 2.68. The number of nitrogens with zero attached hydrogens (tertiary/aromatic N) is 1. The molecule has 0 aliphatic carbocycles. The Kier molecular flexibility index (Phi) is 6.47. The van der Waals surface area contributed by atoms with Crippen LogP contribution in [0.15, 0.2) is 42.5 Å². The number of benzene rings is 2. The molecule has 0 bridgehead atoms. The van der Waals surface area contributed by atoms with Gasteiger partial charge in [-0.05, 0) is 61.6 Å². The monoisotopic (exact) mass is 384 g/mol. The minimum Gasteiger partial charge on any atom is -0.370 e. The van der Waals surface area contributed by atoms with Crippen LogP contribution in [0.2, 0.25) is 0 Å². The lowest BCUT2D eigenvalue weighted by molar-refractivity contribution is 0.100. The van der Waals surface area contributed by atoms with Crippen molar-refractivity contribution in [1.82, 2.24) is 5.32 Å². The number of primary amides is 1. The number of rotatable bonds is 6. The molecule has 1 heterocycles. The van der Waals surface area contributed by atoms with Gasteiger partial charge in [-0.25, -0.2) is 9.18 Å². The molecule has 0 atom stereocenters. The number of carbonyl (C=O) groups excluding carboxylic acids is 2. The SMILES string of the molecule is NC(=O)c1ccc(N2CCCCC2)c(NC(=O)NCCc2cccc(F)c2)c1. The largest absolute Gasteiger partial charge is 0.370 e. The van der Waals surface area contributed by atoms with E-state index in [9.17, 15) is 14.0 Å². The first-order chi connectivity index (χ1) is 13.5. The van der Waals surface area contributed by atoms with Gasteiger partial charge in [0, 0.05) is 25.2 Å². The van der Waals surface area contributed by atoms with E-state index in [0.29, 0.717) is 24.2 Å². The molecule has 0 unspecified atom stereocenters. The van der Waals surface area contributed by atoms with Gasteiger partial charge in [-0.3, -0.25) is 4.79 Å². The van der Waals surface area contributed by atoms with Crippen LogP contribution in [-0.2, 0) is 6.42 Å². The second kappa shape index (κ2) is 9.21. The van der Waals surface area contributed by atoms with E-state index >= 15 is 0 Å². The van der Waals surface area contributed by atoms with E-state index in [1.807, 2.05) is 12.1 Å². The highest BCUT2D eigenvalue weighted by molar-refractivity contribution is 5.98. The minimum atomic E-state index is -0.542. The molecule has 3 rings (SSSR count). The maximum Gasteiger partial charge on any atom is 0.319 e. The Balaban J connectivity index is 1.65. The molecule has 6 nitrogen and oxygen atoms in total. The quantitative estimate of drug-likeness (QED) is 0.714. The lowest BCUT2D eigenvalue weighted by atomic mass is 10.1. The number of urea groups is 1. The van der Waals surface area contributed by atoms with Crippen molar-refractivity contribution in [3.8, 4) is 0 Å². The topological polar surface area (TPSA) is 87.5 Å². The highest BCUT2D eigenvalue weighted by Gasteiger charge is 2.17. The van der Waals surface area contributed by atoms with Gasteiger partial charge in [-0.1, -0.05) is 12.1 Å². The van der Waals surface area contributed by atoms with Gasteiger partial charge in [0.2, 0.25) is 5.91 Å². The summed E-state index contributed by atoms with van der Waals surface area (Å²) in [6.07, 6.45) is 3.90. The lowest BCUT2D eigenvalue weighted by Crippen LogP contribution is -2.33. The number of carbonyl (C=O) groups is 2. The van der Waals surface area contributed by atoms with Crippen LogP contribution in [0.1, 0.15) is 35.2 Å². The van der Waals surface area contributed by atoms with Crippen molar-refractivity contribution in [3.63, 3.8) is 0 Å². The van der Waals surface area contributed by atoms with Crippen molar-refractivity contribution in [3.05, 3.63) is 59.4 Å². The number of hydrogen-bond acceptors (Lipinski definition) is 3. The smallest absolute Gasteiger partial charge is 0.319 e. The van der Waals surface area contributed by atoms with E-state index in [1.165, 1.54) is 18.6 Å². The third-order valence-corrected chi connectivity index (χ3v) is 4.81. The van der Waals surface area contributed by atoms with E-state index in [1.54, 1.807) is 18.2 Å². The standard InChI is InChI=1S/C21H25FN4O2/c22-17-6-4-5-15(13-17)9-10-24-21(28)25-18-14-16(20(23)27)7-8-19(18)26-11-2-1-3-12-26/h4-8,13-14H,1-3,9-12H2,(H2,23,27)(H2,24,25,28). The Bertz CT molecular complexity index is 850. The maximum atomic E-state index is 13.2. The van der Waals surface area contributed by atoms with Crippen LogP contribution in [-0.4, -0.2) is 31.6 Å². The highest BCUT2D eigenvalue weighted by atomic mass is 19.1. The first-order valence-corrected chi connectivity index (χ1v) is 9.51. The number of piperidine rings is 1. The molecule has 0 saturated carbocycles. The Hall–Kier alpha value is -3.09. The first-order valence-electron chi connectivity index (χ1n) is 9.51. The molecule has 28 heavy (non-hydrogen) atoms. The Morgan fingerprint density at radius 1 is 1.07 bits per heavy atom. The number of amides is 3. The number of halogens is 1. The molecule has 0 spiro atoms. The zero-order chi connectivity index (χ0) is 19.9. The number of nitrogens with two attached hydrogens (primary N) is 1. The molecule has 1 fully saturated rings. The van der Waals surface area contributed by atoms with Crippen LogP contribution in [0.3, 0.4) is 0 Å². The zero-order valence-electron chi connectivity index (χ0n) is 15.7. The van der Waals surface area contributed by atoms with Gasteiger partial charge in [0.15, 0.2) is 0 Å². The van der Waals surface area contributed by atoms with Crippen molar-refractivity contribution in [2.75, 3.05) is 29.9 Å². The molecule has 7 heteroatoms. The summed E-state index contributed by atoms with van der Waals surface area (Å²) < 4.78 is 13.2. The summed E-state index contributed by atoms with van der Waals surface area (Å²) in [5.74, 6) is -0.837. The summed E-state index contributed by atoms with van der Waals surface area (Å²) in [6, 6.07) is 11.0. The second-order valence-corrected chi connectivity index (χ2v) is 6.90. The molecular weight excluding hydrogens is 359 g/mol. The molecule has 3 amide bonds. The fourth-order valence-electron chi connectivity index (χ4n) is 3.38. The molecular formula is C21H25FN4O2. The fraction of sp³-hybridized carbons (Fsp3) is 0.333. The fourth-order valence-corrected chi connectivity index (χ4v) is 3.38. The molecule has 1 saturated heterocycles. The van der Waals surface area contributed by atoms with Crippen LogP contribution >= 0.6 is 0 Å². The van der Waals surface area contributed by atoms with Gasteiger partial charge in [-0.2, -0.15) is 0 Å². The molecule has 1 aliphatic heterocycles. The van der Waals surface area contributed by atoms with Gasteiger partial charge in [-0.15, -0.1) is 0 Å². The zero-order valence-corrected chi connectivity index (χ0v) is 15.7. The van der Waals surface area contributed by atoms with E-state index in [2.05, 4.69) is 15.5 Å². The molecule has 4 N–H and O–H groups in total. The van der Waals surface area contributed by atoms with E-state index in [0.717, 1.165) is 37.2 Å². The highest BCUT2D eigenvalue weighted by Crippen LogP contribution is 2.29. The predicted molar refractivity (Wildman–Crippen MR) is 108 cm³/mol. The van der Waals surface area contributed by atoms with E-state index < -0.39 is 5.91 Å². The second-order valence-electron chi connectivity index (χ2n) is 6.90. The summed E-state index contributed by atoms with van der Waals surface area (Å²) in [5.41, 5.74) is 7.98. The van der Waals surface area contributed by atoms with Gasteiger partial charge in [0.05, 0.1) is 11.4 Å². The molecule has 1 aliphatic rings. The minimum absolute atomic E-state index is 0.295. The van der Waals surface area contributed by atoms with E-state index in [-0.39, 0.29) is 11.8 Å². The van der Waals surface area contributed by atoms with Crippen LogP contribution in [0.4, 0.5) is 20.6 Å². The predicted octanol–water partition coefficient (Wildman–Crippen LogP) is 3.28. The van der Waals surface area contributed by atoms with Crippen LogP contribution in [0, 0.1) is 5.82 Å². The third-order valence-electron chi connectivity index (χ3n) is 4.81.